The predicted molar refractivity (Wildman–Crippen MR) is 300 cm³/mol. The molecule has 17 aromatic rings. The molecule has 6 heteroatoms. The molecule has 6 heterocycles. The van der Waals surface area contributed by atoms with Crippen molar-refractivity contribution in [3.8, 4) is 0 Å². The minimum atomic E-state index is -0.502. The average Bonchev–Trinajstić information content (AvgIpc) is 1.54. The van der Waals surface area contributed by atoms with E-state index in [0.717, 1.165) is 76.2 Å². The molecule has 0 N–H and O–H groups in total. The van der Waals surface area contributed by atoms with Crippen LogP contribution in [-0.4, -0.2) is 8.80 Å². The molecule has 0 spiro atoms. The molecular weight excluding hydrogens is 881 g/mol. The van der Waals surface area contributed by atoms with Crippen LogP contribution in [0.25, 0.3) is 120 Å². The van der Waals surface area contributed by atoms with Crippen LogP contribution in [0, 0.1) is 0 Å². The highest BCUT2D eigenvalue weighted by molar-refractivity contribution is 6.31. The van der Waals surface area contributed by atoms with Crippen LogP contribution in [-0.2, 0) is 0 Å². The molecule has 72 heavy (non-hydrogen) atoms. The van der Waals surface area contributed by atoms with Crippen molar-refractivity contribution in [3.63, 3.8) is 0 Å². The van der Waals surface area contributed by atoms with Crippen LogP contribution in [0.5, 0.6) is 0 Å². The van der Waals surface area contributed by atoms with Crippen molar-refractivity contribution < 1.29 is 28.0 Å². The molecule has 6 aromatic heterocycles. The van der Waals surface area contributed by atoms with Gasteiger partial charge >= 0.3 is 0 Å². The van der Waals surface area contributed by atoms with Gasteiger partial charge in [0.2, 0.25) is 0 Å². The number of rotatable bonds is 6. The van der Waals surface area contributed by atoms with Crippen LogP contribution in [0.1, 0.15) is 19.2 Å². The molecular formula is C66H38N4O2. The first-order valence-corrected chi connectivity index (χ1v) is 23.5. The Bertz CT molecular complexity index is 5560. The number of fused-ring (bicyclic) bond motifs is 18. The van der Waals surface area contributed by atoms with Crippen molar-refractivity contribution in [1.82, 2.24) is 8.80 Å². The highest BCUT2D eigenvalue weighted by Gasteiger charge is 2.28. The molecule has 0 atom stereocenters. The lowest BCUT2D eigenvalue weighted by Crippen LogP contribution is -2.10. The van der Waals surface area contributed by atoms with Gasteiger partial charge in [-0.3, -0.25) is 0 Å². The van der Waals surface area contributed by atoms with E-state index in [0.29, 0.717) is 22.7 Å². The largest absolute Gasteiger partial charge is 0.454 e. The second-order valence-corrected chi connectivity index (χ2v) is 18.1. The third-order valence-corrected chi connectivity index (χ3v) is 14.6. The van der Waals surface area contributed by atoms with Crippen molar-refractivity contribution in [2.75, 3.05) is 9.80 Å². The highest BCUT2D eigenvalue weighted by atomic mass is 16.3. The lowest BCUT2D eigenvalue weighted by molar-refractivity contribution is 0.669. The predicted octanol–water partition coefficient (Wildman–Crippen LogP) is 18.7. The molecule has 0 fully saturated rings. The Morgan fingerprint density at radius 3 is 1.21 bits per heavy atom. The van der Waals surface area contributed by atoms with E-state index in [1.54, 1.807) is 0 Å². The van der Waals surface area contributed by atoms with Gasteiger partial charge in [0.25, 0.3) is 0 Å². The quantitative estimate of drug-likeness (QED) is 0.167. The molecule has 0 aliphatic carbocycles. The zero-order valence-corrected chi connectivity index (χ0v) is 37.5. The van der Waals surface area contributed by atoms with E-state index >= 15 is 0 Å². The van der Waals surface area contributed by atoms with Crippen LogP contribution >= 0.6 is 0 Å². The topological polar surface area (TPSA) is 41.6 Å². The van der Waals surface area contributed by atoms with Crippen LogP contribution < -0.4 is 9.80 Å². The smallest absolute Gasteiger partial charge is 0.159 e. The van der Waals surface area contributed by atoms with Crippen molar-refractivity contribution in [2.24, 2.45) is 0 Å². The van der Waals surface area contributed by atoms with Gasteiger partial charge in [0, 0.05) is 76.0 Å². The van der Waals surface area contributed by atoms with Crippen molar-refractivity contribution in [3.05, 3.63) is 230 Å². The summed E-state index contributed by atoms with van der Waals surface area (Å²) in [7, 11) is 0. The number of aromatic nitrogens is 2. The highest BCUT2D eigenvalue weighted by Crippen LogP contribution is 2.52. The monoisotopic (exact) mass is 932 g/mol. The SMILES string of the molecule is [2H]c1c([2H])c([2H])c2c(oc3c(N(c4ccccc4)c4cccc5c4c4cccc6c7cc8c(cc7n5c64)c4cccc5c6c(N(c7ccccc7)c7c([2H])c([2H])c([2H])c9c7oc7c([2H])c([2H])c([2H])c([2H])c79)cccc6n8c45)c([2H])c([2H])c([2H])c32)c1[2H]. The van der Waals surface area contributed by atoms with Crippen LogP contribution in [0.2, 0.25) is 0 Å². The number of benzene rings is 11. The molecule has 0 radical (unpaired) electrons. The summed E-state index contributed by atoms with van der Waals surface area (Å²) in [6.07, 6.45) is 0. The third-order valence-electron chi connectivity index (χ3n) is 14.6. The Labute approximate surface area is 429 Å². The maximum absolute atomic E-state index is 9.62. The minimum absolute atomic E-state index is 0.0119. The van der Waals surface area contributed by atoms with Gasteiger partial charge in [-0.2, -0.15) is 0 Å². The first kappa shape index (κ1) is 27.4. The molecule has 0 saturated carbocycles. The van der Waals surface area contributed by atoms with Crippen LogP contribution in [0.4, 0.5) is 34.1 Å². The number of hydrogen-bond acceptors (Lipinski definition) is 4. The van der Waals surface area contributed by atoms with Crippen LogP contribution in [0.15, 0.2) is 239 Å². The summed E-state index contributed by atoms with van der Waals surface area (Å²) in [5.74, 6) is 0. The van der Waals surface area contributed by atoms with Gasteiger partial charge in [0.05, 0.1) is 75.0 Å². The van der Waals surface area contributed by atoms with Crippen molar-refractivity contribution in [2.45, 2.75) is 0 Å². The van der Waals surface area contributed by atoms with E-state index in [9.17, 15) is 5.48 Å². The van der Waals surface area contributed by atoms with Gasteiger partial charge in [0.1, 0.15) is 11.2 Å². The Balaban J connectivity index is 0.926. The van der Waals surface area contributed by atoms with E-state index in [4.69, 9.17) is 22.5 Å². The van der Waals surface area contributed by atoms with E-state index in [1.807, 2.05) is 107 Å². The summed E-state index contributed by atoms with van der Waals surface area (Å²) >= 11 is 0. The molecule has 0 aliphatic rings. The summed E-state index contributed by atoms with van der Waals surface area (Å²) in [5, 5.41) is 7.25. The number of nitrogens with zero attached hydrogens (tertiary/aromatic N) is 4. The summed E-state index contributed by atoms with van der Waals surface area (Å²) in [6, 6.07) is 41.4. The molecule has 0 unspecified atom stereocenters. The van der Waals surface area contributed by atoms with Gasteiger partial charge in [-0.25, -0.2) is 0 Å². The maximum Gasteiger partial charge on any atom is 0.159 e. The normalized spacial score (nSPS) is 15.2. The lowest BCUT2D eigenvalue weighted by atomic mass is 10.0. The molecule has 11 aromatic carbocycles. The number of furan rings is 2. The first-order chi connectivity index (χ1) is 41.6. The zero-order chi connectivity index (χ0) is 58.9. The van der Waals surface area contributed by atoms with Gasteiger partial charge in [-0.05, 0) is 84.8 Å². The van der Waals surface area contributed by atoms with E-state index in [1.165, 1.54) is 0 Å². The van der Waals surface area contributed by atoms with Crippen LogP contribution in [0.3, 0.4) is 0 Å². The third kappa shape index (κ3) is 4.87. The van der Waals surface area contributed by atoms with Gasteiger partial charge in [-0.15, -0.1) is 0 Å². The average molecular weight is 933 g/mol. The summed E-state index contributed by atoms with van der Waals surface area (Å²) in [4.78, 5) is 3.67. The lowest BCUT2D eigenvalue weighted by Gasteiger charge is -2.26. The Morgan fingerprint density at radius 1 is 0.319 bits per heavy atom. The van der Waals surface area contributed by atoms with Gasteiger partial charge in [-0.1, -0.05) is 145 Å². The minimum Gasteiger partial charge on any atom is -0.454 e. The maximum atomic E-state index is 9.62. The molecule has 6 nitrogen and oxygen atoms in total. The number of anilines is 6. The summed E-state index contributed by atoms with van der Waals surface area (Å²) < 4.78 is 143. The second kappa shape index (κ2) is 13.9. The molecule has 334 valence electrons. The van der Waals surface area contributed by atoms with Crippen molar-refractivity contribution in [1.29, 1.82) is 0 Å². The first-order valence-electron chi connectivity index (χ1n) is 30.5. The van der Waals surface area contributed by atoms with Gasteiger partial charge < -0.3 is 27.4 Å². The number of hydrogen-bond donors (Lipinski definition) is 0. The van der Waals surface area contributed by atoms with Crippen molar-refractivity contribution >= 4 is 154 Å². The fourth-order valence-corrected chi connectivity index (χ4v) is 11.8. The molecule has 0 aliphatic heterocycles. The Morgan fingerprint density at radius 2 is 0.736 bits per heavy atom. The van der Waals surface area contributed by atoms with E-state index in [2.05, 4.69) is 57.3 Å². The summed E-state index contributed by atoms with van der Waals surface area (Å²) in [6.45, 7) is 0. The Kier molecular flexibility index (Phi) is 5.31. The Hall–Kier alpha value is -9.78. The fraction of sp³-hybridized carbons (Fsp3) is 0. The molecule has 17 rings (SSSR count). The molecule has 0 amide bonds. The van der Waals surface area contributed by atoms with Gasteiger partial charge in [0.15, 0.2) is 11.2 Å². The van der Waals surface area contributed by atoms with E-state index in [-0.39, 0.29) is 79.4 Å². The second-order valence-electron chi connectivity index (χ2n) is 18.1. The standard InChI is InChI=1S/C66H38N4O2/c1-3-17-39(18-4-1)67(55-33-13-25-45-41-21-7-9-35-59(41)71-65(45)55)51-29-15-31-53-61(51)47-27-11-23-43-49-38-58-50(37-57(49)69(53)63(43)47)44-24-12-28-48-62-52(30-16-32-54(62)70(58)64(44)48)68(40-19-5-2-6-20-40)56-34-14-26-46-42-22-8-10-36-60(42)72-66(46)56/h1-38H/i7D,8D,9D,10D,13D,14D,21D,22D,25D,26D,33D,34D,35D,36D. The number of para-hydroxylation sites is 8. The fourth-order valence-electron chi connectivity index (χ4n) is 11.8. The molecule has 0 saturated heterocycles. The zero-order valence-electron chi connectivity index (χ0n) is 51.5. The van der Waals surface area contributed by atoms with E-state index < -0.39 is 60.4 Å². The summed E-state index contributed by atoms with van der Waals surface area (Å²) in [5.41, 5.74) is 7.69. The molecule has 0 bridgehead atoms.